The monoisotopic (exact) mass is 285 g/mol. The molecule has 4 nitrogen and oxygen atoms in total. The van der Waals surface area contributed by atoms with Crippen LogP contribution in [0.5, 0.6) is 5.75 Å². The van der Waals surface area contributed by atoms with E-state index in [9.17, 15) is 4.79 Å². The van der Waals surface area contributed by atoms with E-state index in [1.54, 1.807) is 20.1 Å². The molecule has 19 heavy (non-hydrogen) atoms. The number of esters is 1. The summed E-state index contributed by atoms with van der Waals surface area (Å²) in [7, 11) is 1.62. The van der Waals surface area contributed by atoms with Crippen molar-refractivity contribution in [2.75, 3.05) is 26.8 Å². The Morgan fingerprint density at radius 1 is 1.37 bits per heavy atom. The number of methoxy groups -OCH3 is 1. The number of benzene rings is 1. The van der Waals surface area contributed by atoms with Gasteiger partial charge in [0.2, 0.25) is 0 Å². The van der Waals surface area contributed by atoms with Gasteiger partial charge in [-0.25, -0.2) is 0 Å². The predicted molar refractivity (Wildman–Crippen MR) is 75.6 cm³/mol. The number of rotatable bonds is 7. The maximum Gasteiger partial charge on any atom is 0.320 e. The number of hydrogen-bond donors (Lipinski definition) is 0. The smallest absolute Gasteiger partial charge is 0.320 e. The minimum Gasteiger partial charge on any atom is -0.496 e. The van der Waals surface area contributed by atoms with Gasteiger partial charge in [-0.05, 0) is 31.7 Å². The van der Waals surface area contributed by atoms with Crippen LogP contribution in [0.3, 0.4) is 0 Å². The molecule has 0 saturated carbocycles. The molecule has 1 aromatic carbocycles. The van der Waals surface area contributed by atoms with Crippen LogP contribution in [-0.4, -0.2) is 37.7 Å². The van der Waals surface area contributed by atoms with Crippen LogP contribution < -0.4 is 4.74 Å². The highest BCUT2D eigenvalue weighted by Gasteiger charge is 2.13. The third-order valence-electron chi connectivity index (χ3n) is 2.74. The summed E-state index contributed by atoms with van der Waals surface area (Å²) < 4.78 is 10.3. The molecule has 0 aliphatic heterocycles. The Hall–Kier alpha value is -1.26. The van der Waals surface area contributed by atoms with E-state index >= 15 is 0 Å². The molecule has 0 aromatic heterocycles. The summed E-state index contributed by atoms with van der Waals surface area (Å²) in [6.07, 6.45) is 0. The van der Waals surface area contributed by atoms with Crippen LogP contribution in [0.25, 0.3) is 0 Å². The Bertz CT molecular complexity index is 423. The summed E-state index contributed by atoms with van der Waals surface area (Å²) in [6, 6.07) is 5.47. The quantitative estimate of drug-likeness (QED) is 0.722. The van der Waals surface area contributed by atoms with Gasteiger partial charge >= 0.3 is 5.97 Å². The summed E-state index contributed by atoms with van der Waals surface area (Å²) in [5.74, 6) is 0.553. The molecule has 0 amide bonds. The molecule has 5 heteroatoms. The predicted octanol–water partition coefficient (Wildman–Crippen LogP) is 2.73. The Morgan fingerprint density at radius 3 is 2.68 bits per heavy atom. The van der Waals surface area contributed by atoms with E-state index in [1.807, 2.05) is 24.0 Å². The van der Waals surface area contributed by atoms with Gasteiger partial charge in [0.15, 0.2) is 0 Å². The number of likely N-dealkylation sites (N-methyl/N-ethyl adjacent to an activating group) is 1. The maximum atomic E-state index is 11.5. The first-order valence-corrected chi connectivity index (χ1v) is 6.68. The maximum absolute atomic E-state index is 11.5. The molecule has 0 saturated heterocycles. The fourth-order valence-electron chi connectivity index (χ4n) is 1.78. The van der Waals surface area contributed by atoms with Crippen molar-refractivity contribution in [3.8, 4) is 5.75 Å². The van der Waals surface area contributed by atoms with Crippen LogP contribution in [0.4, 0.5) is 0 Å². The van der Waals surface area contributed by atoms with Gasteiger partial charge in [-0.2, -0.15) is 0 Å². The Kier molecular flexibility index (Phi) is 6.67. The first kappa shape index (κ1) is 15.8. The minimum absolute atomic E-state index is 0.217. The molecule has 0 atom stereocenters. The standard InChI is InChI=1S/C14H20ClNO3/c1-4-16(10-14(17)19-5-2)9-11-8-12(15)6-7-13(11)18-3/h6-8H,4-5,9-10H2,1-3H3. The lowest BCUT2D eigenvalue weighted by Crippen LogP contribution is -2.30. The summed E-state index contributed by atoms with van der Waals surface area (Å²) in [5.41, 5.74) is 0.959. The van der Waals surface area contributed by atoms with E-state index in [0.29, 0.717) is 18.2 Å². The highest BCUT2D eigenvalue weighted by atomic mass is 35.5. The summed E-state index contributed by atoms with van der Waals surface area (Å²) in [5, 5.41) is 0.656. The fourth-order valence-corrected chi connectivity index (χ4v) is 1.98. The highest BCUT2D eigenvalue weighted by Crippen LogP contribution is 2.23. The van der Waals surface area contributed by atoms with Crippen LogP contribution in [-0.2, 0) is 16.1 Å². The van der Waals surface area contributed by atoms with Crippen molar-refractivity contribution in [1.82, 2.24) is 4.90 Å². The average molecular weight is 286 g/mol. The summed E-state index contributed by atoms with van der Waals surface area (Å²) >= 11 is 5.99. The molecule has 0 spiro atoms. The average Bonchev–Trinajstić information content (AvgIpc) is 2.38. The van der Waals surface area contributed by atoms with Gasteiger partial charge in [0, 0.05) is 17.1 Å². The second-order valence-electron chi connectivity index (χ2n) is 4.06. The van der Waals surface area contributed by atoms with Crippen molar-refractivity contribution in [2.24, 2.45) is 0 Å². The fraction of sp³-hybridized carbons (Fsp3) is 0.500. The topological polar surface area (TPSA) is 38.8 Å². The molecule has 0 unspecified atom stereocenters. The second-order valence-corrected chi connectivity index (χ2v) is 4.50. The van der Waals surface area contributed by atoms with Crippen molar-refractivity contribution in [2.45, 2.75) is 20.4 Å². The van der Waals surface area contributed by atoms with E-state index in [2.05, 4.69) is 0 Å². The van der Waals surface area contributed by atoms with Crippen LogP contribution in [0, 0.1) is 0 Å². The zero-order valence-corrected chi connectivity index (χ0v) is 12.4. The molecule has 0 heterocycles. The van der Waals surface area contributed by atoms with Gasteiger partial charge in [0.1, 0.15) is 5.75 Å². The number of carbonyl (C=O) groups excluding carboxylic acids is 1. The second kappa shape index (κ2) is 8.02. The van der Waals surface area contributed by atoms with Crippen LogP contribution >= 0.6 is 11.6 Å². The molecule has 106 valence electrons. The van der Waals surface area contributed by atoms with E-state index in [0.717, 1.165) is 17.9 Å². The van der Waals surface area contributed by atoms with Gasteiger partial charge in [-0.3, -0.25) is 9.69 Å². The van der Waals surface area contributed by atoms with Gasteiger partial charge in [0.05, 0.1) is 20.3 Å². The molecule has 0 bridgehead atoms. The van der Waals surface area contributed by atoms with Gasteiger partial charge in [-0.15, -0.1) is 0 Å². The zero-order chi connectivity index (χ0) is 14.3. The molecular formula is C14H20ClNO3. The molecule has 0 aliphatic carbocycles. The van der Waals surface area contributed by atoms with E-state index in [-0.39, 0.29) is 12.5 Å². The van der Waals surface area contributed by atoms with Gasteiger partial charge < -0.3 is 9.47 Å². The zero-order valence-electron chi connectivity index (χ0n) is 11.6. The molecule has 1 aromatic rings. The number of halogens is 1. The van der Waals surface area contributed by atoms with Crippen molar-refractivity contribution >= 4 is 17.6 Å². The van der Waals surface area contributed by atoms with Crippen molar-refractivity contribution in [3.05, 3.63) is 28.8 Å². The Balaban J connectivity index is 2.74. The summed E-state index contributed by atoms with van der Waals surface area (Å²) in [6.45, 7) is 5.80. The third kappa shape index (κ3) is 5.09. The first-order chi connectivity index (χ1) is 9.10. The molecule has 0 fully saturated rings. The third-order valence-corrected chi connectivity index (χ3v) is 2.98. The highest BCUT2D eigenvalue weighted by molar-refractivity contribution is 6.30. The van der Waals surface area contributed by atoms with Crippen LogP contribution in [0.1, 0.15) is 19.4 Å². The molecule has 0 aliphatic rings. The van der Waals surface area contributed by atoms with Crippen LogP contribution in [0.15, 0.2) is 18.2 Å². The lowest BCUT2D eigenvalue weighted by Gasteiger charge is -2.20. The number of ether oxygens (including phenoxy) is 2. The van der Waals surface area contributed by atoms with Crippen molar-refractivity contribution < 1.29 is 14.3 Å². The van der Waals surface area contributed by atoms with Gasteiger partial charge in [-0.1, -0.05) is 18.5 Å². The number of hydrogen-bond acceptors (Lipinski definition) is 4. The first-order valence-electron chi connectivity index (χ1n) is 6.31. The lowest BCUT2D eigenvalue weighted by atomic mass is 10.2. The largest absolute Gasteiger partial charge is 0.496 e. The van der Waals surface area contributed by atoms with E-state index < -0.39 is 0 Å². The van der Waals surface area contributed by atoms with E-state index in [1.165, 1.54) is 0 Å². The Morgan fingerprint density at radius 2 is 2.11 bits per heavy atom. The minimum atomic E-state index is -0.217. The number of carbonyl (C=O) groups is 1. The normalized spacial score (nSPS) is 10.6. The number of nitrogens with zero attached hydrogens (tertiary/aromatic N) is 1. The Labute approximate surface area is 119 Å². The molecule has 0 N–H and O–H groups in total. The summed E-state index contributed by atoms with van der Waals surface area (Å²) in [4.78, 5) is 13.5. The van der Waals surface area contributed by atoms with Crippen molar-refractivity contribution in [3.63, 3.8) is 0 Å². The SMILES string of the molecule is CCOC(=O)CN(CC)Cc1cc(Cl)ccc1OC. The lowest BCUT2D eigenvalue weighted by molar-refractivity contribution is -0.144. The van der Waals surface area contributed by atoms with Crippen LogP contribution in [0.2, 0.25) is 5.02 Å². The van der Waals surface area contributed by atoms with E-state index in [4.69, 9.17) is 21.1 Å². The molecule has 1 rings (SSSR count). The molecular weight excluding hydrogens is 266 g/mol. The van der Waals surface area contributed by atoms with Gasteiger partial charge in [0.25, 0.3) is 0 Å². The molecule has 0 radical (unpaired) electrons. The van der Waals surface area contributed by atoms with Crippen molar-refractivity contribution in [1.29, 1.82) is 0 Å².